The van der Waals surface area contributed by atoms with Crippen molar-refractivity contribution in [2.45, 2.75) is 26.1 Å². The molecule has 0 radical (unpaired) electrons. The number of benzene rings is 1. The van der Waals surface area contributed by atoms with Crippen LogP contribution in [0.1, 0.15) is 18.9 Å². The van der Waals surface area contributed by atoms with Crippen molar-refractivity contribution in [3.8, 4) is 5.75 Å². The van der Waals surface area contributed by atoms with Crippen molar-refractivity contribution >= 4 is 11.6 Å². The number of methoxy groups -OCH3 is 1. The molecule has 1 aromatic carbocycles. The first-order chi connectivity index (χ1) is 7.67. The Kier molecular flexibility index (Phi) is 5.60. The molecule has 0 aliphatic rings. The number of aliphatic hydroxyl groups excluding tert-OH is 1. The average Bonchev–Trinajstić information content (AvgIpc) is 2.28. The summed E-state index contributed by atoms with van der Waals surface area (Å²) in [6.45, 7) is 2.55. The van der Waals surface area contributed by atoms with Crippen molar-refractivity contribution < 1.29 is 14.6 Å². The fourth-order valence-corrected chi connectivity index (χ4v) is 1.54. The van der Waals surface area contributed by atoms with E-state index in [0.717, 1.165) is 6.42 Å². The third-order valence-electron chi connectivity index (χ3n) is 2.25. The fourth-order valence-electron chi connectivity index (χ4n) is 1.35. The normalized spacial score (nSPS) is 12.5. The SMILES string of the molecule is COCCC(C)Oc1ccc(Cl)cc1CO. The second-order valence-electron chi connectivity index (χ2n) is 3.62. The maximum Gasteiger partial charge on any atom is 0.125 e. The van der Waals surface area contributed by atoms with Crippen LogP contribution in [-0.2, 0) is 11.3 Å². The van der Waals surface area contributed by atoms with E-state index in [-0.39, 0.29) is 12.7 Å². The van der Waals surface area contributed by atoms with Gasteiger partial charge in [-0.1, -0.05) is 11.6 Å². The summed E-state index contributed by atoms with van der Waals surface area (Å²) in [5.74, 6) is 0.676. The first-order valence-electron chi connectivity index (χ1n) is 5.22. The van der Waals surface area contributed by atoms with Crippen LogP contribution in [0.2, 0.25) is 5.02 Å². The van der Waals surface area contributed by atoms with Crippen molar-refractivity contribution in [3.63, 3.8) is 0 Å². The molecule has 0 saturated carbocycles. The van der Waals surface area contributed by atoms with Gasteiger partial charge in [-0.3, -0.25) is 0 Å². The van der Waals surface area contributed by atoms with Gasteiger partial charge in [0.2, 0.25) is 0 Å². The van der Waals surface area contributed by atoms with Crippen molar-refractivity contribution in [2.75, 3.05) is 13.7 Å². The molecule has 3 nitrogen and oxygen atoms in total. The van der Waals surface area contributed by atoms with Crippen LogP contribution >= 0.6 is 11.6 Å². The van der Waals surface area contributed by atoms with Gasteiger partial charge < -0.3 is 14.6 Å². The maximum atomic E-state index is 9.17. The van der Waals surface area contributed by atoms with Crippen LogP contribution in [0, 0.1) is 0 Å². The van der Waals surface area contributed by atoms with Gasteiger partial charge >= 0.3 is 0 Å². The lowest BCUT2D eigenvalue weighted by Crippen LogP contribution is -2.15. The summed E-state index contributed by atoms with van der Waals surface area (Å²) in [5.41, 5.74) is 0.705. The Morgan fingerprint density at radius 3 is 2.81 bits per heavy atom. The standard InChI is InChI=1S/C12H17ClO3/c1-9(5-6-15-2)16-12-4-3-11(13)7-10(12)8-14/h3-4,7,9,14H,5-6,8H2,1-2H3. The molecule has 1 unspecified atom stereocenters. The van der Waals surface area contributed by atoms with Gasteiger partial charge in [0.05, 0.1) is 12.7 Å². The molecule has 0 amide bonds. The molecule has 0 heterocycles. The molecule has 16 heavy (non-hydrogen) atoms. The second-order valence-corrected chi connectivity index (χ2v) is 4.06. The molecule has 1 atom stereocenters. The summed E-state index contributed by atoms with van der Waals surface area (Å²) < 4.78 is 10.7. The molecule has 1 aromatic rings. The third-order valence-corrected chi connectivity index (χ3v) is 2.48. The van der Waals surface area contributed by atoms with E-state index in [1.807, 2.05) is 6.92 Å². The van der Waals surface area contributed by atoms with E-state index >= 15 is 0 Å². The van der Waals surface area contributed by atoms with Crippen LogP contribution in [0.25, 0.3) is 0 Å². The minimum atomic E-state index is -0.0765. The zero-order valence-corrected chi connectivity index (χ0v) is 10.3. The van der Waals surface area contributed by atoms with Gasteiger partial charge in [-0.2, -0.15) is 0 Å². The molecule has 1 rings (SSSR count). The van der Waals surface area contributed by atoms with Crippen LogP contribution < -0.4 is 4.74 Å². The zero-order chi connectivity index (χ0) is 12.0. The maximum absolute atomic E-state index is 9.17. The van der Waals surface area contributed by atoms with Gasteiger partial charge in [0.1, 0.15) is 5.75 Å². The minimum absolute atomic E-state index is 0.0476. The van der Waals surface area contributed by atoms with Gasteiger partial charge in [-0.25, -0.2) is 0 Å². The molecule has 4 heteroatoms. The molecule has 0 fully saturated rings. The predicted octanol–water partition coefficient (Wildman–Crippen LogP) is 2.64. The number of rotatable bonds is 6. The second kappa shape index (κ2) is 6.74. The highest BCUT2D eigenvalue weighted by atomic mass is 35.5. The topological polar surface area (TPSA) is 38.7 Å². The Balaban J connectivity index is 2.65. The fraction of sp³-hybridized carbons (Fsp3) is 0.500. The van der Waals surface area contributed by atoms with Crippen LogP contribution in [0.5, 0.6) is 5.75 Å². The molecule has 1 N–H and O–H groups in total. The predicted molar refractivity (Wildman–Crippen MR) is 64.0 cm³/mol. The first kappa shape index (κ1) is 13.3. The van der Waals surface area contributed by atoms with E-state index in [1.165, 1.54) is 0 Å². The zero-order valence-electron chi connectivity index (χ0n) is 9.57. The molecule has 0 aromatic heterocycles. The number of aliphatic hydroxyl groups is 1. The molecule has 90 valence electrons. The van der Waals surface area contributed by atoms with Gasteiger partial charge in [-0.15, -0.1) is 0 Å². The van der Waals surface area contributed by atoms with Gasteiger partial charge in [0.25, 0.3) is 0 Å². The Bertz CT molecular complexity index is 328. The van der Waals surface area contributed by atoms with Gasteiger partial charge in [0.15, 0.2) is 0 Å². The van der Waals surface area contributed by atoms with Gasteiger partial charge in [-0.05, 0) is 25.1 Å². The Morgan fingerprint density at radius 2 is 2.19 bits per heavy atom. The van der Waals surface area contributed by atoms with Crippen molar-refractivity contribution in [2.24, 2.45) is 0 Å². The van der Waals surface area contributed by atoms with Gasteiger partial charge in [0, 0.05) is 30.7 Å². The van der Waals surface area contributed by atoms with Crippen molar-refractivity contribution in [1.29, 1.82) is 0 Å². The van der Waals surface area contributed by atoms with E-state index in [1.54, 1.807) is 25.3 Å². The molecular weight excluding hydrogens is 228 g/mol. The number of halogens is 1. The number of hydrogen-bond acceptors (Lipinski definition) is 3. The summed E-state index contributed by atoms with van der Waals surface area (Å²) in [5, 5.41) is 9.77. The molecule has 0 bridgehead atoms. The molecular formula is C12H17ClO3. The molecule has 0 saturated heterocycles. The van der Waals surface area contributed by atoms with E-state index in [2.05, 4.69) is 0 Å². The van der Waals surface area contributed by atoms with Crippen LogP contribution in [0.4, 0.5) is 0 Å². The largest absolute Gasteiger partial charge is 0.490 e. The average molecular weight is 245 g/mol. The molecule has 0 spiro atoms. The lowest BCUT2D eigenvalue weighted by atomic mass is 10.2. The minimum Gasteiger partial charge on any atom is -0.490 e. The Labute approximate surface area is 101 Å². The summed E-state index contributed by atoms with van der Waals surface area (Å²) in [6, 6.07) is 5.23. The quantitative estimate of drug-likeness (QED) is 0.836. The highest BCUT2D eigenvalue weighted by molar-refractivity contribution is 6.30. The van der Waals surface area contributed by atoms with E-state index in [9.17, 15) is 0 Å². The smallest absolute Gasteiger partial charge is 0.125 e. The third kappa shape index (κ3) is 4.00. The first-order valence-corrected chi connectivity index (χ1v) is 5.60. The van der Waals surface area contributed by atoms with Crippen LogP contribution in [0.3, 0.4) is 0 Å². The van der Waals surface area contributed by atoms with E-state index in [0.29, 0.717) is 22.9 Å². The number of ether oxygens (including phenoxy) is 2. The highest BCUT2D eigenvalue weighted by Crippen LogP contribution is 2.24. The summed E-state index contributed by atoms with van der Waals surface area (Å²) in [6.07, 6.45) is 0.857. The summed E-state index contributed by atoms with van der Waals surface area (Å²) >= 11 is 5.83. The molecule has 0 aliphatic carbocycles. The Morgan fingerprint density at radius 1 is 1.44 bits per heavy atom. The van der Waals surface area contributed by atoms with Crippen LogP contribution in [0.15, 0.2) is 18.2 Å². The van der Waals surface area contributed by atoms with E-state index in [4.69, 9.17) is 26.2 Å². The van der Waals surface area contributed by atoms with Crippen molar-refractivity contribution in [3.05, 3.63) is 28.8 Å². The number of hydrogen-bond donors (Lipinski definition) is 1. The van der Waals surface area contributed by atoms with Crippen molar-refractivity contribution in [1.82, 2.24) is 0 Å². The Hall–Kier alpha value is -0.770. The summed E-state index contributed by atoms with van der Waals surface area (Å²) in [4.78, 5) is 0. The lowest BCUT2D eigenvalue weighted by Gasteiger charge is -2.16. The monoisotopic (exact) mass is 244 g/mol. The lowest BCUT2D eigenvalue weighted by molar-refractivity contribution is 0.133. The van der Waals surface area contributed by atoms with E-state index < -0.39 is 0 Å². The van der Waals surface area contributed by atoms with Crippen LogP contribution in [-0.4, -0.2) is 24.9 Å². The highest BCUT2D eigenvalue weighted by Gasteiger charge is 2.08. The summed E-state index contributed by atoms with van der Waals surface area (Å²) in [7, 11) is 1.66. The molecule has 0 aliphatic heterocycles.